The van der Waals surface area contributed by atoms with Gasteiger partial charge in [-0.25, -0.2) is 8.42 Å². The van der Waals surface area contributed by atoms with Crippen molar-refractivity contribution in [2.45, 2.75) is 45.9 Å². The molecule has 0 bridgehead atoms. The van der Waals surface area contributed by atoms with Crippen LogP contribution in [-0.2, 0) is 21.4 Å². The van der Waals surface area contributed by atoms with Crippen molar-refractivity contribution >= 4 is 21.6 Å². The fourth-order valence-corrected chi connectivity index (χ4v) is 4.32. The van der Waals surface area contributed by atoms with Crippen LogP contribution in [-0.4, -0.2) is 39.8 Å². The molecule has 30 heavy (non-hydrogen) atoms. The maximum Gasteiger partial charge on any atom is 0.244 e. The van der Waals surface area contributed by atoms with E-state index in [2.05, 4.69) is 5.32 Å². The number of carbonyl (C=O) groups is 1. The highest BCUT2D eigenvalue weighted by molar-refractivity contribution is 7.92. The molecular formula is C22H30N2O5S. The van der Waals surface area contributed by atoms with E-state index in [0.29, 0.717) is 17.9 Å². The number of nitrogens with zero attached hydrogens (tertiary/aromatic N) is 1. The largest absolute Gasteiger partial charge is 0.497 e. The summed E-state index contributed by atoms with van der Waals surface area (Å²) < 4.78 is 37.1. The molecule has 164 valence electrons. The number of amides is 1. The number of anilines is 1. The van der Waals surface area contributed by atoms with E-state index < -0.39 is 16.1 Å². The van der Waals surface area contributed by atoms with Gasteiger partial charge in [0.1, 0.15) is 17.5 Å². The lowest BCUT2D eigenvalue weighted by Crippen LogP contribution is -2.49. The molecule has 0 aliphatic carbocycles. The topological polar surface area (TPSA) is 84.9 Å². The summed E-state index contributed by atoms with van der Waals surface area (Å²) in [7, 11) is -2.20. The van der Waals surface area contributed by atoms with E-state index in [0.717, 1.165) is 21.9 Å². The highest BCUT2D eigenvalue weighted by atomic mass is 32.2. The summed E-state index contributed by atoms with van der Waals surface area (Å²) in [4.78, 5) is 12.9. The van der Waals surface area contributed by atoms with Crippen LogP contribution in [0.5, 0.6) is 11.5 Å². The summed E-state index contributed by atoms with van der Waals surface area (Å²) in [6, 6.07) is 13.2. The molecule has 1 N–H and O–H groups in total. The quantitative estimate of drug-likeness (QED) is 0.620. The number of carbonyl (C=O) groups excluding carboxylic acids is 1. The number of benzene rings is 2. The summed E-state index contributed by atoms with van der Waals surface area (Å²) in [6.07, 6.45) is 1.45. The first-order valence-corrected chi connectivity index (χ1v) is 11.7. The van der Waals surface area contributed by atoms with Crippen molar-refractivity contribution in [2.24, 2.45) is 0 Å². The molecule has 0 saturated carbocycles. The number of nitrogens with one attached hydrogen (secondary N) is 1. The van der Waals surface area contributed by atoms with Gasteiger partial charge in [-0.1, -0.05) is 25.1 Å². The average molecular weight is 435 g/mol. The normalized spacial score (nSPS) is 12.3. The Bertz CT molecular complexity index is 960. The van der Waals surface area contributed by atoms with Crippen LogP contribution in [0.3, 0.4) is 0 Å². The third-order valence-electron chi connectivity index (χ3n) is 4.37. The van der Waals surface area contributed by atoms with Crippen LogP contribution in [0.15, 0.2) is 48.5 Å². The van der Waals surface area contributed by atoms with Gasteiger partial charge in [0.05, 0.1) is 25.2 Å². The van der Waals surface area contributed by atoms with Crippen LogP contribution in [0.25, 0.3) is 0 Å². The molecule has 2 aromatic carbocycles. The minimum Gasteiger partial charge on any atom is -0.497 e. The maximum atomic E-state index is 12.9. The molecule has 1 atom stereocenters. The molecule has 0 aromatic heterocycles. The molecule has 0 radical (unpaired) electrons. The first-order chi connectivity index (χ1) is 14.2. The molecule has 0 heterocycles. The second-order valence-corrected chi connectivity index (χ2v) is 9.08. The van der Waals surface area contributed by atoms with Crippen LogP contribution in [0.1, 0.15) is 32.8 Å². The van der Waals surface area contributed by atoms with Gasteiger partial charge < -0.3 is 14.8 Å². The number of rotatable bonds is 10. The SMILES string of the molecule is CCC(C(=O)NCc1cccc(OC(C)C)c1)N(c1cccc(OC)c1)S(C)(=O)=O. The van der Waals surface area contributed by atoms with Gasteiger partial charge in [-0.3, -0.25) is 9.10 Å². The third kappa shape index (κ3) is 6.38. The first-order valence-electron chi connectivity index (χ1n) is 9.82. The van der Waals surface area contributed by atoms with Crippen molar-refractivity contribution in [3.05, 3.63) is 54.1 Å². The van der Waals surface area contributed by atoms with Gasteiger partial charge in [-0.2, -0.15) is 0 Å². The fraction of sp³-hybridized carbons (Fsp3) is 0.409. The van der Waals surface area contributed by atoms with Crippen molar-refractivity contribution in [1.29, 1.82) is 0 Å². The monoisotopic (exact) mass is 434 g/mol. The Morgan fingerprint density at radius 1 is 1.10 bits per heavy atom. The lowest BCUT2D eigenvalue weighted by atomic mass is 10.1. The summed E-state index contributed by atoms with van der Waals surface area (Å²) in [5.41, 5.74) is 1.25. The number of ether oxygens (including phenoxy) is 2. The Hall–Kier alpha value is -2.74. The predicted octanol–water partition coefficient (Wildman–Crippen LogP) is 3.34. The first kappa shape index (κ1) is 23.5. The van der Waals surface area contributed by atoms with Crippen LogP contribution in [0.4, 0.5) is 5.69 Å². The van der Waals surface area contributed by atoms with E-state index >= 15 is 0 Å². The Morgan fingerprint density at radius 2 is 1.77 bits per heavy atom. The Morgan fingerprint density at radius 3 is 2.37 bits per heavy atom. The summed E-state index contributed by atoms with van der Waals surface area (Å²) in [6.45, 7) is 5.93. The molecule has 0 saturated heterocycles. The van der Waals surface area contributed by atoms with E-state index in [-0.39, 0.29) is 18.6 Å². The second kappa shape index (κ2) is 10.3. The van der Waals surface area contributed by atoms with E-state index in [1.54, 1.807) is 31.2 Å². The highest BCUT2D eigenvalue weighted by Crippen LogP contribution is 2.26. The van der Waals surface area contributed by atoms with Crippen molar-refractivity contribution < 1.29 is 22.7 Å². The Balaban J connectivity index is 2.22. The number of methoxy groups -OCH3 is 1. The van der Waals surface area contributed by atoms with Crippen LogP contribution >= 0.6 is 0 Å². The molecule has 0 spiro atoms. The van der Waals surface area contributed by atoms with E-state index in [9.17, 15) is 13.2 Å². The van der Waals surface area contributed by atoms with E-state index in [4.69, 9.17) is 9.47 Å². The van der Waals surface area contributed by atoms with Gasteiger partial charge in [0.25, 0.3) is 0 Å². The molecule has 0 fully saturated rings. The van der Waals surface area contributed by atoms with Gasteiger partial charge in [0, 0.05) is 12.6 Å². The summed E-state index contributed by atoms with van der Waals surface area (Å²) in [5.74, 6) is 0.859. The predicted molar refractivity (Wildman–Crippen MR) is 118 cm³/mol. The molecule has 0 aliphatic heterocycles. The number of hydrogen-bond donors (Lipinski definition) is 1. The maximum absolute atomic E-state index is 12.9. The number of hydrogen-bond acceptors (Lipinski definition) is 5. The molecule has 2 aromatic rings. The molecular weight excluding hydrogens is 404 g/mol. The minimum atomic E-state index is -3.71. The highest BCUT2D eigenvalue weighted by Gasteiger charge is 2.31. The van der Waals surface area contributed by atoms with Crippen LogP contribution in [0, 0.1) is 0 Å². The van der Waals surface area contributed by atoms with E-state index in [1.807, 2.05) is 38.1 Å². The van der Waals surface area contributed by atoms with Crippen molar-refractivity contribution in [1.82, 2.24) is 5.32 Å². The average Bonchev–Trinajstić information content (AvgIpc) is 2.69. The fourth-order valence-electron chi connectivity index (χ4n) is 3.12. The zero-order chi connectivity index (χ0) is 22.3. The molecule has 7 nitrogen and oxygen atoms in total. The van der Waals surface area contributed by atoms with Crippen molar-refractivity contribution in [3.63, 3.8) is 0 Å². The zero-order valence-electron chi connectivity index (χ0n) is 18.1. The van der Waals surface area contributed by atoms with Gasteiger partial charge in [-0.05, 0) is 50.1 Å². The molecule has 1 amide bonds. The molecule has 2 rings (SSSR count). The van der Waals surface area contributed by atoms with Gasteiger partial charge >= 0.3 is 0 Å². The van der Waals surface area contributed by atoms with Crippen LogP contribution in [0.2, 0.25) is 0 Å². The van der Waals surface area contributed by atoms with Crippen molar-refractivity contribution in [3.8, 4) is 11.5 Å². The smallest absolute Gasteiger partial charge is 0.244 e. The molecule has 0 aliphatic rings. The number of sulfonamides is 1. The summed E-state index contributed by atoms with van der Waals surface area (Å²) in [5, 5.41) is 2.85. The molecule has 1 unspecified atom stereocenters. The van der Waals surface area contributed by atoms with Gasteiger partial charge in [0.15, 0.2) is 0 Å². The van der Waals surface area contributed by atoms with Crippen LogP contribution < -0.4 is 19.1 Å². The lowest BCUT2D eigenvalue weighted by molar-refractivity contribution is -0.122. The standard InChI is InChI=1S/C22H30N2O5S/c1-6-21(24(30(5,26)27)18-10-8-11-19(14-18)28-4)22(25)23-15-17-9-7-12-20(13-17)29-16(2)3/h7-14,16,21H,6,15H2,1-5H3,(H,23,25). The Labute approximate surface area is 179 Å². The third-order valence-corrected chi connectivity index (χ3v) is 5.55. The lowest BCUT2D eigenvalue weighted by Gasteiger charge is -2.30. The van der Waals surface area contributed by atoms with Crippen molar-refractivity contribution in [2.75, 3.05) is 17.7 Å². The Kier molecular flexibility index (Phi) is 8.11. The van der Waals surface area contributed by atoms with Gasteiger partial charge in [0.2, 0.25) is 15.9 Å². The van der Waals surface area contributed by atoms with E-state index in [1.165, 1.54) is 7.11 Å². The minimum absolute atomic E-state index is 0.0468. The zero-order valence-corrected chi connectivity index (χ0v) is 18.9. The summed E-state index contributed by atoms with van der Waals surface area (Å²) >= 11 is 0. The second-order valence-electron chi connectivity index (χ2n) is 7.22. The van der Waals surface area contributed by atoms with Gasteiger partial charge in [-0.15, -0.1) is 0 Å². The molecule has 8 heteroatoms.